The second-order valence-electron chi connectivity index (χ2n) is 7.43. The summed E-state index contributed by atoms with van der Waals surface area (Å²) < 4.78 is 10.8. The molecule has 0 spiro atoms. The van der Waals surface area contributed by atoms with Gasteiger partial charge in [-0.25, -0.2) is 9.59 Å². The van der Waals surface area contributed by atoms with E-state index in [9.17, 15) is 9.59 Å². The zero-order valence-corrected chi connectivity index (χ0v) is 15.9. The fourth-order valence-corrected chi connectivity index (χ4v) is 3.08. The van der Waals surface area contributed by atoms with E-state index in [-0.39, 0.29) is 12.0 Å². The lowest BCUT2D eigenvalue weighted by atomic mass is 9.96. The number of hydrogen-bond donors (Lipinski definition) is 1. The molecule has 6 heteroatoms. The van der Waals surface area contributed by atoms with Crippen LogP contribution in [0.15, 0.2) is 24.3 Å². The highest BCUT2D eigenvalue weighted by molar-refractivity contribution is 6.30. The van der Waals surface area contributed by atoms with Gasteiger partial charge < -0.3 is 14.8 Å². The summed E-state index contributed by atoms with van der Waals surface area (Å²) in [5.74, 6) is -0.285. The molecule has 0 bridgehead atoms. The Hall–Kier alpha value is -1.75. The van der Waals surface area contributed by atoms with Gasteiger partial charge in [-0.15, -0.1) is 0 Å². The van der Waals surface area contributed by atoms with E-state index >= 15 is 0 Å². The number of halogens is 1. The van der Waals surface area contributed by atoms with Gasteiger partial charge in [-0.2, -0.15) is 0 Å². The van der Waals surface area contributed by atoms with E-state index in [1.165, 1.54) is 0 Å². The molecule has 2 rings (SSSR count). The van der Waals surface area contributed by atoms with Gasteiger partial charge in [0.05, 0.1) is 0 Å². The third kappa shape index (κ3) is 5.92. The van der Waals surface area contributed by atoms with E-state index in [0.29, 0.717) is 5.02 Å². The molecule has 0 aromatic heterocycles. The van der Waals surface area contributed by atoms with Gasteiger partial charge in [-0.05, 0) is 64.7 Å². The van der Waals surface area contributed by atoms with Crippen molar-refractivity contribution in [2.75, 3.05) is 0 Å². The van der Waals surface area contributed by atoms with Crippen LogP contribution in [0.3, 0.4) is 0 Å². The number of alkyl carbamates (subject to hydrolysis) is 1. The summed E-state index contributed by atoms with van der Waals surface area (Å²) in [5.41, 5.74) is 0.506. The molecular weight excluding hydrogens is 342 g/mol. The van der Waals surface area contributed by atoms with Crippen molar-refractivity contribution in [3.63, 3.8) is 0 Å². The Morgan fingerprint density at radius 2 is 1.84 bits per heavy atom. The Balaban J connectivity index is 1.92. The molecule has 0 aliphatic heterocycles. The number of carbonyl (C=O) groups is 2. The Bertz CT molecular complexity index is 609. The number of hydrogen-bond acceptors (Lipinski definition) is 4. The number of amides is 1. The number of rotatable bonds is 4. The molecular formula is C19H26ClNO4. The van der Waals surface area contributed by atoms with Crippen molar-refractivity contribution in [1.29, 1.82) is 0 Å². The van der Waals surface area contributed by atoms with Crippen molar-refractivity contribution in [2.45, 2.75) is 70.6 Å². The average molecular weight is 368 g/mol. The van der Waals surface area contributed by atoms with E-state index in [0.717, 1.165) is 24.8 Å². The summed E-state index contributed by atoms with van der Waals surface area (Å²) in [6.07, 6.45) is 1.97. The molecule has 1 aliphatic carbocycles. The topological polar surface area (TPSA) is 64.6 Å². The van der Waals surface area contributed by atoms with Crippen molar-refractivity contribution in [3.8, 4) is 0 Å². The normalized spacial score (nSPS) is 21.5. The van der Waals surface area contributed by atoms with E-state index in [2.05, 4.69) is 5.32 Å². The molecule has 1 amide bonds. The zero-order valence-electron chi connectivity index (χ0n) is 15.2. The van der Waals surface area contributed by atoms with Crippen LogP contribution >= 0.6 is 11.6 Å². The van der Waals surface area contributed by atoms with Gasteiger partial charge in [0.15, 0.2) is 0 Å². The van der Waals surface area contributed by atoms with E-state index in [4.69, 9.17) is 21.1 Å². The number of benzene rings is 1. The maximum Gasteiger partial charge on any atom is 0.408 e. The second-order valence-corrected chi connectivity index (χ2v) is 7.87. The Morgan fingerprint density at radius 3 is 2.44 bits per heavy atom. The number of nitrogens with one attached hydrogen (secondary N) is 1. The molecule has 1 fully saturated rings. The highest BCUT2D eigenvalue weighted by Crippen LogP contribution is 2.37. The molecule has 0 saturated heterocycles. The van der Waals surface area contributed by atoms with Gasteiger partial charge in [0, 0.05) is 10.9 Å². The van der Waals surface area contributed by atoms with Crippen LogP contribution in [0.4, 0.5) is 4.79 Å². The third-order valence-electron chi connectivity index (χ3n) is 4.11. The zero-order chi connectivity index (χ0) is 18.6. The number of carbonyl (C=O) groups excluding carboxylic acids is 2. The van der Waals surface area contributed by atoms with Crippen LogP contribution in [-0.4, -0.2) is 29.8 Å². The maximum atomic E-state index is 12.3. The van der Waals surface area contributed by atoms with Crippen LogP contribution in [-0.2, 0) is 14.3 Å². The molecule has 0 heterocycles. The van der Waals surface area contributed by atoms with Gasteiger partial charge in [0.1, 0.15) is 17.7 Å². The first kappa shape index (κ1) is 19.6. The standard InChI is InChI=1S/C19H26ClNO4/c1-12(21-18(23)25-19(2,3)4)17(22)24-16-7-5-6-15(16)13-8-10-14(20)11-9-13/h8-12,15-16H,5-7H2,1-4H3,(H,21,23). The molecule has 25 heavy (non-hydrogen) atoms. The van der Waals surface area contributed by atoms with E-state index < -0.39 is 23.7 Å². The molecule has 1 aliphatic rings. The lowest BCUT2D eigenvalue weighted by molar-refractivity contribution is -0.151. The first-order valence-corrected chi connectivity index (χ1v) is 8.99. The smallest absolute Gasteiger partial charge is 0.408 e. The summed E-state index contributed by atoms with van der Waals surface area (Å²) in [6.45, 7) is 6.90. The monoisotopic (exact) mass is 367 g/mol. The van der Waals surface area contributed by atoms with E-state index in [1.54, 1.807) is 27.7 Å². The minimum Gasteiger partial charge on any atom is -0.460 e. The molecule has 3 atom stereocenters. The maximum absolute atomic E-state index is 12.3. The Labute approximate surface area is 154 Å². The molecule has 1 N–H and O–H groups in total. The van der Waals surface area contributed by atoms with Gasteiger partial charge in [0.2, 0.25) is 0 Å². The highest BCUT2D eigenvalue weighted by Gasteiger charge is 2.33. The Morgan fingerprint density at radius 1 is 1.20 bits per heavy atom. The molecule has 1 saturated carbocycles. The first-order chi connectivity index (χ1) is 11.7. The van der Waals surface area contributed by atoms with Gasteiger partial charge in [-0.3, -0.25) is 0 Å². The van der Waals surface area contributed by atoms with Crippen LogP contribution in [0.25, 0.3) is 0 Å². The summed E-state index contributed by atoms with van der Waals surface area (Å²) in [4.78, 5) is 24.1. The lowest BCUT2D eigenvalue weighted by Gasteiger charge is -2.24. The van der Waals surface area contributed by atoms with Crippen LogP contribution < -0.4 is 5.32 Å². The van der Waals surface area contributed by atoms with Gasteiger partial charge in [-0.1, -0.05) is 23.7 Å². The van der Waals surface area contributed by atoms with Crippen LogP contribution in [0.5, 0.6) is 0 Å². The summed E-state index contributed by atoms with van der Waals surface area (Å²) in [7, 11) is 0. The fraction of sp³-hybridized carbons (Fsp3) is 0.579. The second kappa shape index (κ2) is 8.09. The third-order valence-corrected chi connectivity index (χ3v) is 4.36. The van der Waals surface area contributed by atoms with Crippen LogP contribution in [0.1, 0.15) is 58.4 Å². The van der Waals surface area contributed by atoms with E-state index in [1.807, 2.05) is 24.3 Å². The first-order valence-electron chi connectivity index (χ1n) is 8.61. The largest absolute Gasteiger partial charge is 0.460 e. The Kier molecular flexibility index (Phi) is 6.33. The highest BCUT2D eigenvalue weighted by atomic mass is 35.5. The van der Waals surface area contributed by atoms with Crippen molar-refractivity contribution in [3.05, 3.63) is 34.9 Å². The molecule has 5 nitrogen and oxygen atoms in total. The average Bonchev–Trinajstić information content (AvgIpc) is 2.94. The molecule has 0 radical (unpaired) electrons. The predicted molar refractivity (Wildman–Crippen MR) is 96.8 cm³/mol. The molecule has 3 unspecified atom stereocenters. The number of ether oxygens (including phenoxy) is 2. The van der Waals surface area contributed by atoms with Crippen molar-refractivity contribution >= 4 is 23.7 Å². The van der Waals surface area contributed by atoms with Crippen molar-refractivity contribution in [1.82, 2.24) is 5.32 Å². The molecule has 1 aromatic rings. The van der Waals surface area contributed by atoms with Crippen LogP contribution in [0, 0.1) is 0 Å². The van der Waals surface area contributed by atoms with Gasteiger partial charge >= 0.3 is 12.1 Å². The molecule has 1 aromatic carbocycles. The predicted octanol–water partition coefficient (Wildman–Crippen LogP) is 4.43. The minimum absolute atomic E-state index is 0.162. The fourth-order valence-electron chi connectivity index (χ4n) is 2.95. The van der Waals surface area contributed by atoms with Gasteiger partial charge in [0.25, 0.3) is 0 Å². The minimum atomic E-state index is -0.763. The molecule has 138 valence electrons. The summed E-state index contributed by atoms with van der Waals surface area (Å²) in [5, 5.41) is 3.20. The van der Waals surface area contributed by atoms with Crippen LogP contribution in [0.2, 0.25) is 5.02 Å². The quantitative estimate of drug-likeness (QED) is 0.799. The lowest BCUT2D eigenvalue weighted by Crippen LogP contribution is -2.43. The summed E-state index contributed by atoms with van der Waals surface area (Å²) >= 11 is 5.94. The van der Waals surface area contributed by atoms with Crippen molar-refractivity contribution in [2.24, 2.45) is 0 Å². The van der Waals surface area contributed by atoms with Crippen molar-refractivity contribution < 1.29 is 19.1 Å². The number of esters is 1. The summed E-state index contributed by atoms with van der Waals surface area (Å²) in [6, 6.07) is 6.88. The SMILES string of the molecule is CC(NC(=O)OC(C)(C)C)C(=O)OC1CCCC1c1ccc(Cl)cc1.